The molecule has 1 N–H and O–H groups in total. The van der Waals surface area contributed by atoms with Crippen molar-refractivity contribution in [1.82, 2.24) is 30.0 Å². The molecule has 0 radical (unpaired) electrons. The Bertz CT molecular complexity index is 709. The van der Waals surface area contributed by atoms with E-state index in [1.807, 2.05) is 12.1 Å². The predicted molar refractivity (Wildman–Crippen MR) is 85.2 cm³/mol. The molecule has 0 aromatic carbocycles. The summed E-state index contributed by atoms with van der Waals surface area (Å²) in [7, 11) is 2.06. The summed E-state index contributed by atoms with van der Waals surface area (Å²) in [5.41, 5.74) is 0.748. The van der Waals surface area contributed by atoms with Gasteiger partial charge in [-0.1, -0.05) is 0 Å². The maximum atomic E-state index is 12.2. The Balaban J connectivity index is 1.41. The number of amides is 1. The number of rotatable bonds is 3. The zero-order valence-corrected chi connectivity index (χ0v) is 13.2. The zero-order chi connectivity index (χ0) is 15.8. The first kappa shape index (κ1) is 14.4. The van der Waals surface area contributed by atoms with Crippen LogP contribution < -0.4 is 10.2 Å². The number of aromatic nitrogens is 4. The Hall–Kier alpha value is -2.22. The van der Waals surface area contributed by atoms with Gasteiger partial charge in [-0.05, 0) is 38.4 Å². The fourth-order valence-corrected chi connectivity index (χ4v) is 3.35. The van der Waals surface area contributed by atoms with Gasteiger partial charge in [0.15, 0.2) is 5.65 Å². The van der Waals surface area contributed by atoms with Gasteiger partial charge in [0.2, 0.25) is 5.91 Å². The number of nitrogens with zero attached hydrogens (tertiary/aromatic N) is 6. The number of hydrogen-bond donors (Lipinski definition) is 1. The molecule has 2 aliphatic heterocycles. The highest BCUT2D eigenvalue weighted by molar-refractivity contribution is 5.82. The van der Waals surface area contributed by atoms with Gasteiger partial charge in [-0.25, -0.2) is 0 Å². The first-order chi connectivity index (χ1) is 11.2. The van der Waals surface area contributed by atoms with E-state index in [4.69, 9.17) is 0 Å². The van der Waals surface area contributed by atoms with E-state index in [0.717, 1.165) is 50.4 Å². The maximum Gasteiger partial charge on any atom is 0.237 e. The normalized spacial score (nSPS) is 23.0. The predicted octanol–water partition coefficient (Wildman–Crippen LogP) is -0.0866. The Kier molecular flexibility index (Phi) is 3.60. The van der Waals surface area contributed by atoms with Crippen molar-refractivity contribution in [3.63, 3.8) is 0 Å². The summed E-state index contributed by atoms with van der Waals surface area (Å²) in [6, 6.07) is 4.28. The van der Waals surface area contributed by atoms with Crippen LogP contribution in [0.2, 0.25) is 0 Å². The highest BCUT2D eigenvalue weighted by Gasteiger charge is 2.36. The van der Waals surface area contributed by atoms with Gasteiger partial charge in [0.1, 0.15) is 12.1 Å². The smallest absolute Gasteiger partial charge is 0.237 e. The first-order valence-electron chi connectivity index (χ1n) is 8.14. The molecule has 8 nitrogen and oxygen atoms in total. The van der Waals surface area contributed by atoms with Crippen LogP contribution in [0, 0.1) is 0 Å². The second-order valence-electron chi connectivity index (χ2n) is 6.35. The Morgan fingerprint density at radius 1 is 1.30 bits per heavy atom. The van der Waals surface area contributed by atoms with Crippen molar-refractivity contribution in [2.45, 2.75) is 31.3 Å². The molecule has 122 valence electrons. The topological polar surface area (TPSA) is 78.7 Å². The number of fused-ring (bicyclic) bond motifs is 1. The van der Waals surface area contributed by atoms with E-state index < -0.39 is 0 Å². The van der Waals surface area contributed by atoms with Crippen molar-refractivity contribution in [3.05, 3.63) is 18.5 Å². The number of hydrogen-bond acceptors (Lipinski definition) is 6. The minimum atomic E-state index is -0.00191. The molecule has 2 aromatic heterocycles. The van der Waals surface area contributed by atoms with Crippen molar-refractivity contribution >= 4 is 17.4 Å². The molecule has 0 spiro atoms. The lowest BCUT2D eigenvalue weighted by Gasteiger charge is -2.46. The van der Waals surface area contributed by atoms with Crippen LogP contribution in [0.3, 0.4) is 0 Å². The van der Waals surface area contributed by atoms with Gasteiger partial charge in [-0.15, -0.1) is 15.3 Å². The van der Waals surface area contributed by atoms with Crippen LogP contribution in [-0.2, 0) is 4.79 Å². The highest BCUT2D eigenvalue weighted by Crippen LogP contribution is 2.24. The van der Waals surface area contributed by atoms with Crippen LogP contribution >= 0.6 is 0 Å². The molecule has 0 aliphatic carbocycles. The number of nitrogens with one attached hydrogen (secondary N) is 1. The lowest BCUT2D eigenvalue weighted by Crippen LogP contribution is -2.62. The van der Waals surface area contributed by atoms with E-state index >= 15 is 0 Å². The molecule has 2 aliphatic rings. The minimum absolute atomic E-state index is 0.00191. The number of carbonyl (C=O) groups is 1. The largest absolute Gasteiger partial charge is 0.355 e. The van der Waals surface area contributed by atoms with Crippen LogP contribution in [0.5, 0.6) is 0 Å². The van der Waals surface area contributed by atoms with Gasteiger partial charge in [-0.2, -0.15) is 4.52 Å². The Labute approximate surface area is 134 Å². The second kappa shape index (κ2) is 5.77. The lowest BCUT2D eigenvalue weighted by atomic mass is 10.0. The quantitative estimate of drug-likeness (QED) is 0.853. The molecule has 4 rings (SSSR count). The summed E-state index contributed by atoms with van der Waals surface area (Å²) in [4.78, 5) is 16.6. The molecular weight excluding hydrogens is 294 g/mol. The highest BCUT2D eigenvalue weighted by atomic mass is 16.2. The van der Waals surface area contributed by atoms with Gasteiger partial charge >= 0.3 is 0 Å². The molecule has 0 bridgehead atoms. The van der Waals surface area contributed by atoms with Crippen LogP contribution in [0.15, 0.2) is 18.5 Å². The SMILES string of the molecule is CN(C1CN(c2ccc3nncn3n2)C1)C1CCCCNC1=O. The fourth-order valence-electron chi connectivity index (χ4n) is 3.35. The van der Waals surface area contributed by atoms with Gasteiger partial charge in [0, 0.05) is 25.7 Å². The molecule has 0 saturated carbocycles. The van der Waals surface area contributed by atoms with Gasteiger partial charge in [-0.3, -0.25) is 9.69 Å². The molecule has 1 amide bonds. The third-order valence-electron chi connectivity index (χ3n) is 4.91. The lowest BCUT2D eigenvalue weighted by molar-refractivity contribution is -0.126. The first-order valence-corrected chi connectivity index (χ1v) is 8.14. The van der Waals surface area contributed by atoms with Gasteiger partial charge in [0.05, 0.1) is 6.04 Å². The number of likely N-dealkylation sites (N-methyl/N-ethyl adjacent to an activating group) is 1. The Morgan fingerprint density at radius 3 is 3.04 bits per heavy atom. The van der Waals surface area contributed by atoms with E-state index in [-0.39, 0.29) is 11.9 Å². The van der Waals surface area contributed by atoms with E-state index in [0.29, 0.717) is 6.04 Å². The zero-order valence-electron chi connectivity index (χ0n) is 13.2. The van der Waals surface area contributed by atoms with E-state index in [1.54, 1.807) is 10.8 Å². The van der Waals surface area contributed by atoms with Crippen LogP contribution in [0.25, 0.3) is 5.65 Å². The summed E-state index contributed by atoms with van der Waals surface area (Å²) >= 11 is 0. The standard InChI is InChI=1S/C15H21N7O/c1-20(12-4-2-3-7-16-15(12)23)11-8-21(9-11)14-6-5-13-18-17-10-22(13)19-14/h5-6,10-12H,2-4,7-9H2,1H3,(H,16,23). The van der Waals surface area contributed by atoms with Crippen molar-refractivity contribution in [3.8, 4) is 0 Å². The third-order valence-corrected chi connectivity index (χ3v) is 4.91. The van der Waals surface area contributed by atoms with Crippen LogP contribution in [0.4, 0.5) is 5.82 Å². The molecule has 4 heterocycles. The van der Waals surface area contributed by atoms with E-state index in [9.17, 15) is 4.79 Å². The van der Waals surface area contributed by atoms with Crippen LogP contribution in [0.1, 0.15) is 19.3 Å². The fraction of sp³-hybridized carbons (Fsp3) is 0.600. The molecule has 23 heavy (non-hydrogen) atoms. The number of carbonyl (C=O) groups excluding carboxylic acids is 1. The summed E-state index contributed by atoms with van der Waals surface area (Å²) in [5, 5.41) is 15.3. The maximum absolute atomic E-state index is 12.2. The summed E-state index contributed by atoms with van der Waals surface area (Å²) in [6.07, 6.45) is 4.74. The second-order valence-corrected chi connectivity index (χ2v) is 6.35. The van der Waals surface area contributed by atoms with Gasteiger partial charge < -0.3 is 10.2 Å². The molecular formula is C15H21N7O. The molecule has 2 saturated heterocycles. The molecule has 1 atom stereocenters. The average Bonchev–Trinajstić information content (AvgIpc) is 2.86. The molecule has 2 aromatic rings. The van der Waals surface area contributed by atoms with Crippen LogP contribution in [-0.4, -0.2) is 69.4 Å². The average molecular weight is 315 g/mol. The molecule has 8 heteroatoms. The van der Waals surface area contributed by atoms with Crippen molar-refractivity contribution in [2.75, 3.05) is 31.6 Å². The number of anilines is 1. The van der Waals surface area contributed by atoms with Gasteiger partial charge in [0.25, 0.3) is 0 Å². The van der Waals surface area contributed by atoms with Crippen molar-refractivity contribution in [1.29, 1.82) is 0 Å². The summed E-state index contributed by atoms with van der Waals surface area (Å²) in [6.45, 7) is 2.59. The molecule has 2 fully saturated rings. The Morgan fingerprint density at radius 2 is 2.17 bits per heavy atom. The third kappa shape index (κ3) is 2.63. The summed E-state index contributed by atoms with van der Waals surface area (Å²) < 4.78 is 1.69. The van der Waals surface area contributed by atoms with E-state index in [1.165, 1.54) is 0 Å². The minimum Gasteiger partial charge on any atom is -0.355 e. The van der Waals surface area contributed by atoms with Crippen molar-refractivity contribution < 1.29 is 4.79 Å². The van der Waals surface area contributed by atoms with Crippen molar-refractivity contribution in [2.24, 2.45) is 0 Å². The van der Waals surface area contributed by atoms with E-state index in [2.05, 4.69) is 37.5 Å². The summed E-state index contributed by atoms with van der Waals surface area (Å²) in [5.74, 6) is 1.10. The monoisotopic (exact) mass is 315 g/mol. The molecule has 1 unspecified atom stereocenters.